The first-order chi connectivity index (χ1) is 60.4. The Balaban J connectivity index is 0.000000316. The van der Waals surface area contributed by atoms with Crippen LogP contribution in [0.5, 0.6) is 0 Å². The average molecular weight is 2230 g/mol. The van der Waals surface area contributed by atoms with Gasteiger partial charge in [0.05, 0.1) is 24.4 Å². The summed E-state index contributed by atoms with van der Waals surface area (Å²) in [7, 11) is -68.0. The number of hydrogen-bond donors (Lipinski definition) is 28. The first kappa shape index (κ1) is 119. The number of phosphoric acid groups is 12. The van der Waals surface area contributed by atoms with Crippen LogP contribution in [0.4, 0.5) is 0 Å². The number of rotatable bonds is 32. The van der Waals surface area contributed by atoms with E-state index in [0.29, 0.717) is 21.8 Å². The van der Waals surface area contributed by atoms with Gasteiger partial charge in [-0.2, -0.15) is 54.0 Å². The normalized spacial score (nSPS) is 29.7. The summed E-state index contributed by atoms with van der Waals surface area (Å²) in [5.41, 5.74) is 8.48. The van der Waals surface area contributed by atoms with Gasteiger partial charge in [0.1, 0.15) is 61.2 Å². The smallest absolute Gasteiger partial charge is 0.387 e. The summed E-state index contributed by atoms with van der Waals surface area (Å²) in [6.45, 7) is 8.13. The molecule has 0 aromatic carbocycles. The van der Waals surface area contributed by atoms with Gasteiger partial charge in [0.2, 0.25) is 0 Å². The highest BCUT2D eigenvalue weighted by Gasteiger charge is 2.63. The summed E-state index contributed by atoms with van der Waals surface area (Å²) in [4.78, 5) is 246. The number of aryl methyl sites for hydroxylation is 2. The third-order valence-corrected chi connectivity index (χ3v) is 32.5. The Labute approximate surface area is 755 Å². The van der Waals surface area contributed by atoms with Crippen LogP contribution in [0.3, 0.4) is 0 Å². The van der Waals surface area contributed by atoms with Gasteiger partial charge in [0.15, 0.2) is 47.1 Å². The summed E-state index contributed by atoms with van der Waals surface area (Å²) < 4.78 is 209. The number of aromatic nitrogens is 10. The fourth-order valence-electron chi connectivity index (χ4n) is 11.7. The molecule has 0 amide bonds. The summed E-state index contributed by atoms with van der Waals surface area (Å²) in [6, 6.07) is 2.05. The largest absolute Gasteiger partial charge is 0.490 e. The van der Waals surface area contributed by atoms with Gasteiger partial charge in [-0.05, 0) is 83.3 Å². The van der Waals surface area contributed by atoms with E-state index >= 15 is 0 Å². The molecular formula is C49H73Cl3N14O56P12. The maximum atomic E-state index is 12.4. The fraction of sp³-hybridized carbons (Fsp3) is 0.551. The van der Waals surface area contributed by atoms with E-state index in [4.69, 9.17) is 116 Å². The van der Waals surface area contributed by atoms with Crippen LogP contribution in [0.15, 0.2) is 62.9 Å². The van der Waals surface area contributed by atoms with E-state index < -0.39 is 259 Å². The molecule has 4 aliphatic rings. The quantitative estimate of drug-likeness (QED) is 0.0160. The predicted octanol–water partition coefficient (Wildman–Crippen LogP) is -7.07. The van der Waals surface area contributed by atoms with Gasteiger partial charge in [-0.3, -0.25) is 66.3 Å². The Kier molecular flexibility index (Phi) is 39.7. The molecule has 0 saturated carbocycles. The Bertz CT molecular complexity index is 6110. The molecule has 32 N–H and O–H groups in total. The molecule has 756 valence electrons. The summed E-state index contributed by atoms with van der Waals surface area (Å²) >= 11 is 16.2. The van der Waals surface area contributed by atoms with Crippen molar-refractivity contribution >= 4 is 129 Å². The molecule has 0 bridgehead atoms. The monoisotopic (exact) mass is 2230 g/mol. The Morgan fingerprint density at radius 1 is 0.358 bits per heavy atom. The minimum absolute atomic E-state index is 0.0262. The van der Waals surface area contributed by atoms with Crippen LogP contribution in [0.25, 0.3) is 0 Å². The third kappa shape index (κ3) is 32.4. The van der Waals surface area contributed by atoms with Crippen molar-refractivity contribution in [2.24, 2.45) is 22.9 Å². The number of aliphatic hydroxyl groups is 4. The van der Waals surface area contributed by atoms with Gasteiger partial charge in [-0.25, -0.2) is 74.0 Å². The lowest BCUT2D eigenvalue weighted by molar-refractivity contribution is -0.0795. The van der Waals surface area contributed by atoms with E-state index in [9.17, 15) is 153 Å². The standard InChI is InChI=1S/C14H22N3O14P3.C13H19ClN3O14P3.2C11H16ClN4O14P3/c1-4-5-14(15)11(19)10(28-12(14)17-7(2)6-9(18)16-13(17)20)8(3)29-33(24,25)31-34(26,27)30-32(21,22)23;1-6-5-8(18)16-12(20)17(6)11-13(15,3-4-14)10(19)9(28-11)7(2)29-33(24,25)31-34(26,27)30-32(21,22)23;2*1-5(28-32(23,24)30-33(25,26)29-31(20,21)22)7-8(18)11(13,2-3-12)9(27-7)16-10(19)15-6(17)4-14-16/h6,8,10-12,19H,15H2,1-3H3,(H,24,25)(H,26,27)(H,16,18,20)(H2,21,22,23);5,7,9-11,19H,15H2,1-2H3,(H,24,25)(H,26,27)(H,16,18,20)(H2,21,22,23);2*4-5,7-9,18H,13H2,1H3,(H,23,24)(H,25,26)(H,15,17,19)(H2,20,21,22)/t8-,10-,11+,12-,14?;7-,9+,10-,11+,13?;5-,7+,8-,9+,11?;5-,7-,8+,9-,11?/m1001/s1. The number of nitrogens with zero attached hydrogens (tertiary/aromatic N) is 6. The van der Waals surface area contributed by atoms with E-state index in [1.54, 1.807) is 0 Å². The molecule has 4 aromatic heterocycles. The first-order valence-corrected chi connectivity index (χ1v) is 53.3. The molecule has 134 heavy (non-hydrogen) atoms. The van der Waals surface area contributed by atoms with Crippen molar-refractivity contribution in [1.29, 1.82) is 0 Å². The number of aliphatic hydroxyl groups excluding tert-OH is 4. The van der Waals surface area contributed by atoms with Crippen LogP contribution < -0.4 is 67.9 Å². The number of H-pyrrole nitrogens is 4. The molecular weight excluding hydrogens is 2160 g/mol. The van der Waals surface area contributed by atoms with E-state index in [-0.39, 0.29) is 11.4 Å². The number of nitrogens with two attached hydrogens (primary N) is 4. The highest BCUT2D eigenvalue weighted by atomic mass is 35.5. The minimum atomic E-state index is -5.80. The molecule has 70 nitrogen and oxygen atoms in total. The fourth-order valence-corrected chi connectivity index (χ4v) is 25.0. The molecule has 28 atom stereocenters. The predicted molar refractivity (Wildman–Crippen MR) is 430 cm³/mol. The number of hydrogen-bond acceptors (Lipinski definition) is 46. The van der Waals surface area contributed by atoms with Crippen molar-refractivity contribution < 1.29 is 225 Å². The van der Waals surface area contributed by atoms with Gasteiger partial charge in [0.25, 0.3) is 22.2 Å². The van der Waals surface area contributed by atoms with Crippen molar-refractivity contribution in [2.45, 2.75) is 169 Å². The van der Waals surface area contributed by atoms with Crippen molar-refractivity contribution in [3.05, 3.63) is 119 Å². The minimum Gasteiger partial charge on any atom is -0.387 e. The van der Waals surface area contributed by atoms with Crippen LogP contribution in [0, 0.1) is 59.6 Å². The molecule has 85 heteroatoms. The zero-order valence-electron chi connectivity index (χ0n) is 66.7. The molecule has 4 fully saturated rings. The van der Waals surface area contributed by atoms with Gasteiger partial charge in [-0.15, -0.1) is 5.92 Å². The second-order valence-corrected chi connectivity index (χ2v) is 44.7. The summed E-state index contributed by atoms with van der Waals surface area (Å²) in [6.07, 6.45) is -26.3. The van der Waals surface area contributed by atoms with E-state index in [1.165, 1.54) is 20.8 Å². The topological polar surface area (TPSA) is 1110 Å². The van der Waals surface area contributed by atoms with Crippen molar-refractivity contribution in [3.63, 3.8) is 0 Å². The second kappa shape index (κ2) is 44.6. The Morgan fingerprint density at radius 3 is 0.769 bits per heavy atom. The van der Waals surface area contributed by atoms with E-state index in [1.807, 2.05) is 36.1 Å². The first-order valence-electron chi connectivity index (χ1n) is 34.1. The maximum absolute atomic E-state index is 12.4. The molecule has 0 spiro atoms. The lowest BCUT2D eigenvalue weighted by Crippen LogP contribution is -2.56. The summed E-state index contributed by atoms with van der Waals surface area (Å²) in [5, 5.41) is 55.5. The molecule has 8 rings (SSSR count). The lowest BCUT2D eigenvalue weighted by Gasteiger charge is -2.29. The number of phosphoric ester groups is 4. The Morgan fingerprint density at radius 2 is 0.567 bits per heavy atom. The molecule has 0 radical (unpaired) electrons. The molecule has 12 unspecified atom stereocenters. The van der Waals surface area contributed by atoms with Crippen LogP contribution in [-0.2, 0) is 126 Å². The molecule has 4 aromatic rings. The molecule has 4 saturated heterocycles. The lowest BCUT2D eigenvalue weighted by atomic mass is 9.90. The SMILES string of the molecule is CC#CC1(N)[C@@H](O)[C@@H]([C@@H](C)OP(=O)(O)OP(=O)(O)OP(=O)(O)O)O[C@H]1n1c(C)cc(=O)[nH]c1=O.C[C@@H](OP(=O)(O)OP(=O)(O)OP(=O)(O)O)[C@H]1O[C@@H](n2ncc(=O)[nH]c2=O)C(N)(C#CCl)[C@H]1O.C[C@H](OP(=O)(O)OP(=O)(O)OP(=O)(O)O)[C@H]1O[C@@H](n2ncc(=O)[nH]c2=O)C(N)(C#CCl)[C@H]1O.Cc1cc(=O)[nH]c(=O)n1[C@@H]1O[C@H]([C@H](C)OP(=O)(O)OP(=O)(O)OP(=O)(O)O)[C@H](O)C1(N)C#CCl. The van der Waals surface area contributed by atoms with Crippen LogP contribution >= 0.6 is 129 Å². The van der Waals surface area contributed by atoms with Crippen molar-refractivity contribution in [1.82, 2.24) is 48.6 Å². The number of halogens is 3. The summed E-state index contributed by atoms with van der Waals surface area (Å²) in [5.74, 6) is 11.6. The zero-order chi connectivity index (χ0) is 103. The number of aromatic amines is 4. The van der Waals surface area contributed by atoms with Crippen LogP contribution in [-0.4, -0.2) is 243 Å². The maximum Gasteiger partial charge on any atom is 0.490 e. The second-order valence-electron chi connectivity index (χ2n) is 26.6. The highest BCUT2D eigenvalue weighted by molar-refractivity contribution is 7.68. The Hall–Kier alpha value is -5.15. The van der Waals surface area contributed by atoms with Gasteiger partial charge in [0, 0.05) is 39.7 Å². The van der Waals surface area contributed by atoms with E-state index in [2.05, 4.69) is 92.4 Å². The molecule has 4 aliphatic heterocycles. The number of nitrogens with one attached hydrogen (secondary N) is 4. The van der Waals surface area contributed by atoms with Crippen molar-refractivity contribution in [2.75, 3.05) is 0 Å². The van der Waals surface area contributed by atoms with Gasteiger partial charge in [-0.1, -0.05) is 23.7 Å². The van der Waals surface area contributed by atoms with Crippen molar-refractivity contribution in [3.8, 4) is 45.7 Å². The third-order valence-electron chi connectivity index (χ3n) is 16.6. The van der Waals surface area contributed by atoms with Gasteiger partial charge < -0.3 is 141 Å². The van der Waals surface area contributed by atoms with Gasteiger partial charge >= 0.3 is 117 Å². The molecule has 0 aliphatic carbocycles. The zero-order valence-corrected chi connectivity index (χ0v) is 79.7. The number of ether oxygens (including phenoxy) is 4. The van der Waals surface area contributed by atoms with Crippen LogP contribution in [0.1, 0.15) is 70.9 Å². The average Bonchev–Trinajstić information content (AvgIpc) is 1.61. The van der Waals surface area contributed by atoms with E-state index in [0.717, 1.165) is 49.0 Å². The molecule has 8 heterocycles. The van der Waals surface area contributed by atoms with Crippen LogP contribution in [0.2, 0.25) is 0 Å². The highest BCUT2D eigenvalue weighted by Crippen LogP contribution is 2.71.